The van der Waals surface area contributed by atoms with Crippen LogP contribution in [0.5, 0.6) is 0 Å². The fourth-order valence-electron chi connectivity index (χ4n) is 2.00. The molecule has 0 aromatic heterocycles. The van der Waals surface area contributed by atoms with E-state index in [-0.39, 0.29) is 22.9 Å². The van der Waals surface area contributed by atoms with E-state index in [0.717, 1.165) is 5.56 Å². The Labute approximate surface area is 123 Å². The average Bonchev–Trinajstić information content (AvgIpc) is 2.32. The lowest BCUT2D eigenvalue weighted by molar-refractivity contribution is -0.122. The summed E-state index contributed by atoms with van der Waals surface area (Å²) in [6.45, 7) is 12.9. The van der Waals surface area contributed by atoms with Gasteiger partial charge in [0.2, 0.25) is 5.91 Å². The molecule has 1 rings (SSSR count). The molecule has 3 heteroatoms. The van der Waals surface area contributed by atoms with Crippen LogP contribution in [0.3, 0.4) is 0 Å². The lowest BCUT2D eigenvalue weighted by atomic mass is 9.82. The molecule has 0 saturated carbocycles. The van der Waals surface area contributed by atoms with Gasteiger partial charge in [0, 0.05) is 5.54 Å². The molecule has 3 nitrogen and oxygen atoms in total. The Kier molecular flexibility index (Phi) is 5.35. The van der Waals surface area contributed by atoms with Crippen molar-refractivity contribution in [1.29, 1.82) is 0 Å². The highest BCUT2D eigenvalue weighted by Crippen LogP contribution is 2.32. The molecule has 0 aliphatic heterocycles. The Balaban J connectivity index is 2.75. The van der Waals surface area contributed by atoms with Crippen LogP contribution < -0.4 is 10.6 Å². The normalized spacial score (nSPS) is 13.9. The Morgan fingerprint density at radius 1 is 1.05 bits per heavy atom. The van der Waals surface area contributed by atoms with Crippen molar-refractivity contribution in [3.63, 3.8) is 0 Å². The number of carbonyl (C=O) groups excluding carboxylic acids is 1. The maximum atomic E-state index is 12.1. The van der Waals surface area contributed by atoms with Crippen LogP contribution in [0.2, 0.25) is 0 Å². The smallest absolute Gasteiger partial charge is 0.234 e. The molecule has 1 aromatic carbocycles. The third-order valence-corrected chi connectivity index (χ3v) is 3.08. The molecular formula is C17H28N2O. The van der Waals surface area contributed by atoms with Gasteiger partial charge in [-0.05, 0) is 31.7 Å². The second-order valence-electron chi connectivity index (χ2n) is 7.38. The van der Waals surface area contributed by atoms with Gasteiger partial charge in [-0.2, -0.15) is 0 Å². The van der Waals surface area contributed by atoms with Crippen molar-refractivity contribution in [2.24, 2.45) is 5.41 Å². The Hall–Kier alpha value is -1.35. The minimum Gasteiger partial charge on any atom is -0.348 e. The topological polar surface area (TPSA) is 41.1 Å². The Morgan fingerprint density at radius 2 is 1.60 bits per heavy atom. The van der Waals surface area contributed by atoms with Gasteiger partial charge in [0.15, 0.2) is 0 Å². The van der Waals surface area contributed by atoms with E-state index in [9.17, 15) is 4.79 Å². The van der Waals surface area contributed by atoms with Crippen LogP contribution in [0, 0.1) is 5.41 Å². The number of rotatable bonds is 4. The zero-order valence-electron chi connectivity index (χ0n) is 13.6. The summed E-state index contributed by atoms with van der Waals surface area (Å²) in [6, 6.07) is 10.1. The molecule has 1 atom stereocenters. The van der Waals surface area contributed by atoms with Gasteiger partial charge in [-0.25, -0.2) is 0 Å². The molecule has 20 heavy (non-hydrogen) atoms. The standard InChI is InChI=1S/C17H28N2O/c1-16(2,3)15(13-10-8-7-9-11-13)19-14(20)12-18-17(4,5)6/h7-11,15,18H,12H2,1-6H3,(H,19,20). The predicted octanol–water partition coefficient (Wildman–Crippen LogP) is 3.28. The molecular weight excluding hydrogens is 248 g/mol. The number of carbonyl (C=O) groups is 1. The van der Waals surface area contributed by atoms with Gasteiger partial charge in [-0.1, -0.05) is 51.1 Å². The summed E-state index contributed by atoms with van der Waals surface area (Å²) >= 11 is 0. The van der Waals surface area contributed by atoms with Gasteiger partial charge in [0.1, 0.15) is 0 Å². The van der Waals surface area contributed by atoms with E-state index >= 15 is 0 Å². The molecule has 1 aromatic rings. The van der Waals surface area contributed by atoms with Crippen molar-refractivity contribution in [3.05, 3.63) is 35.9 Å². The highest BCUT2D eigenvalue weighted by Gasteiger charge is 2.27. The van der Waals surface area contributed by atoms with E-state index in [0.29, 0.717) is 6.54 Å². The first-order valence-corrected chi connectivity index (χ1v) is 7.19. The summed E-state index contributed by atoms with van der Waals surface area (Å²) in [6.07, 6.45) is 0. The fraction of sp³-hybridized carbons (Fsp3) is 0.588. The summed E-state index contributed by atoms with van der Waals surface area (Å²) in [5.41, 5.74) is 1.06. The first kappa shape index (κ1) is 16.7. The quantitative estimate of drug-likeness (QED) is 0.886. The van der Waals surface area contributed by atoms with Gasteiger partial charge in [0.25, 0.3) is 0 Å². The summed E-state index contributed by atoms with van der Waals surface area (Å²) in [5, 5.41) is 6.36. The third-order valence-electron chi connectivity index (χ3n) is 3.08. The second-order valence-corrected chi connectivity index (χ2v) is 7.38. The van der Waals surface area contributed by atoms with Crippen LogP contribution in [0.4, 0.5) is 0 Å². The third kappa shape index (κ3) is 5.74. The minimum atomic E-state index is -0.0542. The Morgan fingerprint density at radius 3 is 2.05 bits per heavy atom. The average molecular weight is 276 g/mol. The SMILES string of the molecule is CC(C)(C)NCC(=O)NC(c1ccccc1)C(C)(C)C. The summed E-state index contributed by atoms with van der Waals surface area (Å²) < 4.78 is 0. The zero-order chi connectivity index (χ0) is 15.4. The monoisotopic (exact) mass is 276 g/mol. The molecule has 2 N–H and O–H groups in total. The van der Waals surface area contributed by atoms with Gasteiger partial charge in [0.05, 0.1) is 12.6 Å². The van der Waals surface area contributed by atoms with Crippen LogP contribution in [0.15, 0.2) is 30.3 Å². The van der Waals surface area contributed by atoms with Crippen LogP contribution in [0.25, 0.3) is 0 Å². The Bertz CT molecular complexity index is 427. The van der Waals surface area contributed by atoms with Crippen LogP contribution in [0.1, 0.15) is 53.1 Å². The van der Waals surface area contributed by atoms with E-state index in [1.54, 1.807) is 0 Å². The highest BCUT2D eigenvalue weighted by atomic mass is 16.2. The molecule has 0 fully saturated rings. The molecule has 0 aliphatic carbocycles. The molecule has 0 aliphatic rings. The van der Waals surface area contributed by atoms with Crippen LogP contribution in [-0.4, -0.2) is 18.0 Å². The number of hydrogen-bond donors (Lipinski definition) is 2. The molecule has 1 unspecified atom stereocenters. The van der Waals surface area contributed by atoms with Crippen molar-refractivity contribution in [1.82, 2.24) is 10.6 Å². The van der Waals surface area contributed by atoms with Crippen LogP contribution in [-0.2, 0) is 4.79 Å². The van der Waals surface area contributed by atoms with E-state index in [1.165, 1.54) is 0 Å². The first-order chi connectivity index (χ1) is 9.09. The molecule has 1 amide bonds. The first-order valence-electron chi connectivity index (χ1n) is 7.19. The van der Waals surface area contributed by atoms with Crippen molar-refractivity contribution >= 4 is 5.91 Å². The lowest BCUT2D eigenvalue weighted by Crippen LogP contribution is -2.46. The lowest BCUT2D eigenvalue weighted by Gasteiger charge is -2.32. The highest BCUT2D eigenvalue weighted by molar-refractivity contribution is 5.78. The second kappa shape index (κ2) is 6.40. The van der Waals surface area contributed by atoms with Crippen LogP contribution >= 0.6 is 0 Å². The van der Waals surface area contributed by atoms with Crippen molar-refractivity contribution in [2.75, 3.05) is 6.54 Å². The molecule has 0 saturated heterocycles. The summed E-state index contributed by atoms with van der Waals surface area (Å²) in [7, 11) is 0. The van der Waals surface area contributed by atoms with Crippen molar-refractivity contribution in [3.8, 4) is 0 Å². The largest absolute Gasteiger partial charge is 0.348 e. The zero-order valence-corrected chi connectivity index (χ0v) is 13.6. The summed E-state index contributed by atoms with van der Waals surface area (Å²) in [5.74, 6) is 0.0312. The molecule has 0 radical (unpaired) electrons. The molecule has 0 spiro atoms. The maximum absolute atomic E-state index is 12.1. The number of amides is 1. The number of hydrogen-bond acceptors (Lipinski definition) is 2. The molecule has 0 bridgehead atoms. The molecule has 0 heterocycles. The van der Waals surface area contributed by atoms with Gasteiger partial charge < -0.3 is 10.6 Å². The van der Waals surface area contributed by atoms with E-state index < -0.39 is 0 Å². The van der Waals surface area contributed by atoms with Gasteiger partial charge in [-0.15, -0.1) is 0 Å². The van der Waals surface area contributed by atoms with E-state index in [4.69, 9.17) is 0 Å². The summed E-state index contributed by atoms with van der Waals surface area (Å²) in [4.78, 5) is 12.1. The maximum Gasteiger partial charge on any atom is 0.234 e. The van der Waals surface area contributed by atoms with E-state index in [2.05, 4.69) is 64.3 Å². The van der Waals surface area contributed by atoms with Gasteiger partial charge >= 0.3 is 0 Å². The fourth-order valence-corrected chi connectivity index (χ4v) is 2.00. The van der Waals surface area contributed by atoms with Crippen molar-refractivity contribution < 1.29 is 4.79 Å². The van der Waals surface area contributed by atoms with E-state index in [1.807, 2.05) is 18.2 Å². The number of benzene rings is 1. The number of nitrogens with one attached hydrogen (secondary N) is 2. The predicted molar refractivity (Wildman–Crippen MR) is 84.5 cm³/mol. The molecule has 112 valence electrons. The van der Waals surface area contributed by atoms with Crippen molar-refractivity contribution in [2.45, 2.75) is 53.1 Å². The van der Waals surface area contributed by atoms with Gasteiger partial charge in [-0.3, -0.25) is 4.79 Å². The minimum absolute atomic E-state index is 0.0120.